The average molecular weight is 372 g/mol. The van der Waals surface area contributed by atoms with Crippen LogP contribution in [-0.2, 0) is 4.74 Å². The Morgan fingerprint density at radius 1 is 1.23 bits per heavy atom. The summed E-state index contributed by atoms with van der Waals surface area (Å²) in [7, 11) is 0. The smallest absolute Gasteiger partial charge is 0.278 e. The van der Waals surface area contributed by atoms with Gasteiger partial charge < -0.3 is 15.9 Å². The van der Waals surface area contributed by atoms with E-state index >= 15 is 0 Å². The molecule has 0 aliphatic carbocycles. The predicted octanol–water partition coefficient (Wildman–Crippen LogP) is 2.42. The molecule has 1 aliphatic heterocycles. The molecule has 0 saturated carbocycles. The first kappa shape index (κ1) is 16.8. The molecule has 0 atom stereocenters. The first-order valence-electron chi connectivity index (χ1n) is 8.40. The van der Waals surface area contributed by atoms with E-state index in [2.05, 4.69) is 15.3 Å². The SMILES string of the molecule is Nn1c(=O)c(-c2ccccc2Cl)cc2cnc(NC3CCOCC3)nc21. The van der Waals surface area contributed by atoms with Gasteiger partial charge in [-0.2, -0.15) is 4.98 Å². The molecule has 3 N–H and O–H groups in total. The highest BCUT2D eigenvalue weighted by Crippen LogP contribution is 2.26. The van der Waals surface area contributed by atoms with E-state index in [1.54, 1.807) is 24.4 Å². The zero-order chi connectivity index (χ0) is 18.1. The fourth-order valence-corrected chi connectivity index (χ4v) is 3.32. The van der Waals surface area contributed by atoms with Crippen LogP contribution < -0.4 is 16.7 Å². The molecule has 1 aromatic carbocycles. The highest BCUT2D eigenvalue weighted by molar-refractivity contribution is 6.33. The average Bonchev–Trinajstić information content (AvgIpc) is 2.66. The van der Waals surface area contributed by atoms with Crippen LogP contribution >= 0.6 is 11.6 Å². The molecule has 26 heavy (non-hydrogen) atoms. The number of benzene rings is 1. The zero-order valence-electron chi connectivity index (χ0n) is 14.0. The van der Waals surface area contributed by atoms with Gasteiger partial charge in [0.05, 0.1) is 5.56 Å². The number of aromatic nitrogens is 3. The fraction of sp³-hybridized carbons (Fsp3) is 0.278. The molecule has 4 rings (SSSR count). The predicted molar refractivity (Wildman–Crippen MR) is 102 cm³/mol. The minimum Gasteiger partial charge on any atom is -0.381 e. The Morgan fingerprint density at radius 2 is 2.00 bits per heavy atom. The largest absolute Gasteiger partial charge is 0.381 e. The van der Waals surface area contributed by atoms with Crippen molar-refractivity contribution in [2.45, 2.75) is 18.9 Å². The van der Waals surface area contributed by atoms with Gasteiger partial charge in [0.2, 0.25) is 5.95 Å². The van der Waals surface area contributed by atoms with Crippen molar-refractivity contribution >= 4 is 28.6 Å². The van der Waals surface area contributed by atoms with Crippen LogP contribution in [0.15, 0.2) is 41.3 Å². The highest BCUT2D eigenvalue weighted by atomic mass is 35.5. The minimum atomic E-state index is -0.360. The second-order valence-corrected chi connectivity index (χ2v) is 6.62. The van der Waals surface area contributed by atoms with Gasteiger partial charge in [-0.15, -0.1) is 0 Å². The molecule has 1 aliphatic rings. The summed E-state index contributed by atoms with van der Waals surface area (Å²) in [6.45, 7) is 1.43. The van der Waals surface area contributed by atoms with E-state index < -0.39 is 0 Å². The number of halogens is 1. The van der Waals surface area contributed by atoms with Crippen molar-refractivity contribution in [3.05, 3.63) is 51.9 Å². The molecule has 1 saturated heterocycles. The van der Waals surface area contributed by atoms with Crippen molar-refractivity contribution < 1.29 is 4.74 Å². The Kier molecular flexibility index (Phi) is 4.48. The van der Waals surface area contributed by atoms with Crippen LogP contribution in [0.1, 0.15) is 12.8 Å². The molecular formula is C18H18ClN5O2. The van der Waals surface area contributed by atoms with E-state index in [4.69, 9.17) is 22.2 Å². The Morgan fingerprint density at radius 3 is 2.77 bits per heavy atom. The molecule has 3 heterocycles. The summed E-state index contributed by atoms with van der Waals surface area (Å²) in [6, 6.07) is 9.13. The summed E-state index contributed by atoms with van der Waals surface area (Å²) < 4.78 is 6.40. The van der Waals surface area contributed by atoms with Gasteiger partial charge in [-0.25, -0.2) is 9.66 Å². The third-order valence-corrected chi connectivity index (χ3v) is 4.82. The molecule has 0 unspecified atom stereocenters. The Labute approximate surface area is 154 Å². The van der Waals surface area contributed by atoms with Gasteiger partial charge in [0, 0.05) is 41.4 Å². The van der Waals surface area contributed by atoms with Crippen LogP contribution in [0.3, 0.4) is 0 Å². The standard InChI is InChI=1S/C18H18ClN5O2/c19-15-4-2-1-3-13(15)14-9-11-10-21-18(22-12-5-7-26-8-6-12)23-16(11)24(20)17(14)25/h1-4,9-10,12H,5-8,20H2,(H,21,22,23). The number of nitrogens with one attached hydrogen (secondary N) is 1. The number of anilines is 1. The lowest BCUT2D eigenvalue weighted by molar-refractivity contribution is 0.0903. The third kappa shape index (κ3) is 3.11. The summed E-state index contributed by atoms with van der Waals surface area (Å²) in [5.41, 5.74) is 1.06. The van der Waals surface area contributed by atoms with Crippen LogP contribution in [0.25, 0.3) is 22.2 Å². The normalized spacial score (nSPS) is 15.3. The van der Waals surface area contributed by atoms with Crippen LogP contribution in [0.2, 0.25) is 5.02 Å². The topological polar surface area (TPSA) is 95.1 Å². The van der Waals surface area contributed by atoms with Crippen LogP contribution in [0.4, 0.5) is 5.95 Å². The van der Waals surface area contributed by atoms with E-state index in [0.717, 1.165) is 17.5 Å². The first-order valence-corrected chi connectivity index (χ1v) is 8.78. The Bertz CT molecular complexity index is 1010. The van der Waals surface area contributed by atoms with Gasteiger partial charge in [-0.1, -0.05) is 29.8 Å². The van der Waals surface area contributed by atoms with Crippen LogP contribution in [-0.4, -0.2) is 33.9 Å². The number of nitrogens with zero attached hydrogens (tertiary/aromatic N) is 3. The number of nitrogens with two attached hydrogens (primary N) is 1. The van der Waals surface area contributed by atoms with Crippen molar-refractivity contribution in [3.8, 4) is 11.1 Å². The molecule has 134 valence electrons. The monoisotopic (exact) mass is 371 g/mol. The number of nitrogen functional groups attached to an aromatic ring is 1. The van der Waals surface area contributed by atoms with Gasteiger partial charge in [0.15, 0.2) is 5.65 Å². The highest BCUT2D eigenvalue weighted by Gasteiger charge is 2.17. The summed E-state index contributed by atoms with van der Waals surface area (Å²) in [5.74, 6) is 6.48. The molecule has 0 bridgehead atoms. The summed E-state index contributed by atoms with van der Waals surface area (Å²) in [4.78, 5) is 21.5. The van der Waals surface area contributed by atoms with Crippen LogP contribution in [0, 0.1) is 0 Å². The first-order chi connectivity index (χ1) is 12.6. The van der Waals surface area contributed by atoms with E-state index in [9.17, 15) is 4.79 Å². The fourth-order valence-electron chi connectivity index (χ4n) is 3.09. The van der Waals surface area contributed by atoms with Crippen molar-refractivity contribution in [2.75, 3.05) is 24.4 Å². The zero-order valence-corrected chi connectivity index (χ0v) is 14.7. The van der Waals surface area contributed by atoms with Crippen molar-refractivity contribution in [1.82, 2.24) is 14.6 Å². The third-order valence-electron chi connectivity index (χ3n) is 4.49. The van der Waals surface area contributed by atoms with Crippen molar-refractivity contribution in [1.29, 1.82) is 0 Å². The van der Waals surface area contributed by atoms with Gasteiger partial charge in [-0.3, -0.25) is 4.79 Å². The molecule has 2 aromatic heterocycles. The summed E-state index contributed by atoms with van der Waals surface area (Å²) in [6.07, 6.45) is 3.44. The van der Waals surface area contributed by atoms with Gasteiger partial charge in [0.1, 0.15) is 0 Å². The minimum absolute atomic E-state index is 0.251. The molecule has 7 nitrogen and oxygen atoms in total. The second-order valence-electron chi connectivity index (χ2n) is 6.22. The molecule has 0 spiro atoms. The molecule has 0 amide bonds. The number of pyridine rings is 1. The maximum absolute atomic E-state index is 12.7. The van der Waals surface area contributed by atoms with Crippen LogP contribution in [0.5, 0.6) is 0 Å². The van der Waals surface area contributed by atoms with Gasteiger partial charge >= 0.3 is 0 Å². The lowest BCUT2D eigenvalue weighted by Crippen LogP contribution is -2.31. The molecule has 3 aromatic rings. The quantitative estimate of drug-likeness (QED) is 0.686. The maximum atomic E-state index is 12.7. The van der Waals surface area contributed by atoms with Crippen molar-refractivity contribution in [2.24, 2.45) is 0 Å². The number of rotatable bonds is 3. The second kappa shape index (κ2) is 6.93. The number of hydrogen-bond acceptors (Lipinski definition) is 6. The van der Waals surface area contributed by atoms with Gasteiger partial charge in [0.25, 0.3) is 5.56 Å². The van der Waals surface area contributed by atoms with Gasteiger partial charge in [-0.05, 0) is 25.0 Å². The maximum Gasteiger partial charge on any atom is 0.278 e. The molecule has 0 radical (unpaired) electrons. The van der Waals surface area contributed by atoms with E-state index in [0.29, 0.717) is 46.3 Å². The molecular weight excluding hydrogens is 354 g/mol. The molecule has 8 heteroatoms. The van der Waals surface area contributed by atoms with E-state index in [1.807, 2.05) is 12.1 Å². The lowest BCUT2D eigenvalue weighted by Gasteiger charge is -2.23. The number of hydrogen-bond donors (Lipinski definition) is 2. The van der Waals surface area contributed by atoms with Crippen molar-refractivity contribution in [3.63, 3.8) is 0 Å². The summed E-state index contributed by atoms with van der Waals surface area (Å²) >= 11 is 6.23. The number of fused-ring (bicyclic) bond motifs is 1. The Balaban J connectivity index is 1.76. The molecule has 1 fully saturated rings. The van der Waals surface area contributed by atoms with E-state index in [1.165, 1.54) is 0 Å². The van der Waals surface area contributed by atoms with E-state index in [-0.39, 0.29) is 11.6 Å². The Hall–Kier alpha value is -2.64. The summed E-state index contributed by atoms with van der Waals surface area (Å²) in [5, 5.41) is 4.44. The lowest BCUT2D eigenvalue weighted by atomic mass is 10.1. The number of ether oxygens (including phenoxy) is 1.